The highest BCUT2D eigenvalue weighted by Gasteiger charge is 2.33. The van der Waals surface area contributed by atoms with Gasteiger partial charge in [-0.1, -0.05) is 95.7 Å². The summed E-state index contributed by atoms with van der Waals surface area (Å²) in [5.74, 6) is 2.42. The van der Waals surface area contributed by atoms with E-state index in [-0.39, 0.29) is 17.8 Å². The molecule has 2 aromatic rings. The van der Waals surface area contributed by atoms with Crippen molar-refractivity contribution in [2.45, 2.75) is 110 Å². The van der Waals surface area contributed by atoms with Gasteiger partial charge in [-0.3, -0.25) is 0 Å². The molecule has 2 fully saturated rings. The number of nitrogens with zero attached hydrogens (tertiary/aromatic N) is 1. The summed E-state index contributed by atoms with van der Waals surface area (Å²) in [5, 5.41) is 13.7. The van der Waals surface area contributed by atoms with E-state index in [1.807, 2.05) is 11.0 Å². The molecule has 2 N–H and O–H groups in total. The summed E-state index contributed by atoms with van der Waals surface area (Å²) in [5.41, 5.74) is 4.16. The summed E-state index contributed by atoms with van der Waals surface area (Å²) in [6, 6.07) is 11.5. The predicted molar refractivity (Wildman–Crippen MR) is 155 cm³/mol. The molecule has 0 aromatic heterocycles. The van der Waals surface area contributed by atoms with Crippen LogP contribution in [0.5, 0.6) is 5.75 Å². The van der Waals surface area contributed by atoms with Crippen LogP contribution in [0.3, 0.4) is 0 Å². The number of amides is 2. The van der Waals surface area contributed by atoms with Gasteiger partial charge in [0.05, 0.1) is 0 Å². The number of phenols is 1. The van der Waals surface area contributed by atoms with Crippen molar-refractivity contribution in [3.8, 4) is 5.75 Å². The maximum Gasteiger partial charge on any atom is 0.322 e. The smallest absolute Gasteiger partial charge is 0.322 e. The van der Waals surface area contributed by atoms with E-state index in [2.05, 4.69) is 51.2 Å². The molecule has 2 amide bonds. The zero-order valence-electron chi connectivity index (χ0n) is 23.1. The first-order valence-corrected chi connectivity index (χ1v) is 14.8. The van der Waals surface area contributed by atoms with Gasteiger partial charge < -0.3 is 15.3 Å². The largest absolute Gasteiger partial charge is 0.508 e. The summed E-state index contributed by atoms with van der Waals surface area (Å²) in [6.07, 6.45) is 11.4. The third-order valence-corrected chi connectivity index (χ3v) is 9.09. The molecule has 0 saturated heterocycles. The Balaban J connectivity index is 1.58. The number of benzene rings is 2. The number of rotatable bonds is 7. The fourth-order valence-corrected chi connectivity index (χ4v) is 6.81. The van der Waals surface area contributed by atoms with Gasteiger partial charge in [-0.25, -0.2) is 4.79 Å². The fourth-order valence-electron chi connectivity index (χ4n) is 6.58. The molecule has 0 aliphatic heterocycles. The number of nitrogens with one attached hydrogen (secondary N) is 1. The molecule has 0 heterocycles. The van der Waals surface area contributed by atoms with Crippen LogP contribution in [0.4, 0.5) is 10.5 Å². The second-order valence-corrected chi connectivity index (χ2v) is 12.3. The third kappa shape index (κ3) is 6.82. The number of hydrogen-bond donors (Lipinski definition) is 2. The van der Waals surface area contributed by atoms with E-state index in [4.69, 9.17) is 11.6 Å². The summed E-state index contributed by atoms with van der Waals surface area (Å²) in [6.45, 7) is 9.14. The lowest BCUT2D eigenvalue weighted by molar-refractivity contribution is 0.120. The maximum atomic E-state index is 14.0. The molecule has 2 aliphatic carbocycles. The number of anilines is 1. The van der Waals surface area contributed by atoms with Crippen molar-refractivity contribution in [2.75, 3.05) is 5.32 Å². The average Bonchev–Trinajstić information content (AvgIpc) is 2.88. The molecule has 5 heteroatoms. The van der Waals surface area contributed by atoms with Crippen molar-refractivity contribution in [1.29, 1.82) is 0 Å². The fraction of sp³-hybridized carbons (Fsp3) is 0.594. The van der Waals surface area contributed by atoms with Crippen LogP contribution >= 0.6 is 11.6 Å². The SMILES string of the molecule is CC(C)c1cccc(C(C)C)c1NC(=O)N(Cc1ccc(O)cc1Cl)[C@H]1CC[C@@H](C2CCCCC2)CC1. The summed E-state index contributed by atoms with van der Waals surface area (Å²) in [7, 11) is 0. The topological polar surface area (TPSA) is 52.6 Å². The summed E-state index contributed by atoms with van der Waals surface area (Å²) >= 11 is 6.52. The number of urea groups is 1. The lowest BCUT2D eigenvalue weighted by atomic mass is 9.72. The quantitative estimate of drug-likeness (QED) is 0.379. The number of phenolic OH excluding ortho intramolecular Hbond substituents is 1. The molecular formula is C32H45ClN2O2. The van der Waals surface area contributed by atoms with Gasteiger partial charge in [-0.2, -0.15) is 0 Å². The van der Waals surface area contributed by atoms with Crippen molar-refractivity contribution in [3.05, 3.63) is 58.1 Å². The Morgan fingerprint density at radius 3 is 2.08 bits per heavy atom. The van der Waals surface area contributed by atoms with Crippen LogP contribution in [0.25, 0.3) is 0 Å². The van der Waals surface area contributed by atoms with Gasteiger partial charge in [0, 0.05) is 23.3 Å². The minimum absolute atomic E-state index is 0.0553. The first kappa shape index (κ1) is 27.8. The minimum Gasteiger partial charge on any atom is -0.508 e. The molecular weight excluding hydrogens is 480 g/mol. The second-order valence-electron chi connectivity index (χ2n) is 11.9. The highest BCUT2D eigenvalue weighted by molar-refractivity contribution is 6.31. The Hall–Kier alpha value is -2.20. The van der Waals surface area contributed by atoms with Crippen LogP contribution in [-0.2, 0) is 6.54 Å². The molecule has 2 saturated carbocycles. The zero-order valence-corrected chi connectivity index (χ0v) is 23.9. The van der Waals surface area contributed by atoms with Crippen LogP contribution in [0, 0.1) is 11.8 Å². The number of hydrogen-bond acceptors (Lipinski definition) is 2. The Kier molecular flexibility index (Phi) is 9.45. The minimum atomic E-state index is -0.0553. The van der Waals surface area contributed by atoms with E-state index in [1.165, 1.54) is 56.1 Å². The van der Waals surface area contributed by atoms with Gasteiger partial charge in [-0.05, 0) is 78.2 Å². The van der Waals surface area contributed by atoms with Gasteiger partial charge in [0.2, 0.25) is 0 Å². The number of carbonyl (C=O) groups is 1. The van der Waals surface area contributed by atoms with Crippen molar-refractivity contribution >= 4 is 23.3 Å². The van der Waals surface area contributed by atoms with E-state index in [0.29, 0.717) is 23.4 Å². The van der Waals surface area contributed by atoms with E-state index in [1.54, 1.807) is 12.1 Å². The van der Waals surface area contributed by atoms with Crippen molar-refractivity contribution in [3.63, 3.8) is 0 Å². The molecule has 0 spiro atoms. The van der Waals surface area contributed by atoms with Gasteiger partial charge in [0.1, 0.15) is 5.75 Å². The summed E-state index contributed by atoms with van der Waals surface area (Å²) < 4.78 is 0. The van der Waals surface area contributed by atoms with Gasteiger partial charge in [-0.15, -0.1) is 0 Å². The maximum absolute atomic E-state index is 14.0. The number of aromatic hydroxyl groups is 1. The molecule has 4 rings (SSSR count). The molecule has 0 bridgehead atoms. The second kappa shape index (κ2) is 12.6. The Bertz CT molecular complexity index is 1030. The first-order chi connectivity index (χ1) is 17.7. The molecule has 37 heavy (non-hydrogen) atoms. The lowest BCUT2D eigenvalue weighted by Gasteiger charge is -2.40. The Morgan fingerprint density at radius 1 is 0.919 bits per heavy atom. The van der Waals surface area contributed by atoms with E-state index >= 15 is 0 Å². The molecule has 0 radical (unpaired) electrons. The van der Waals surface area contributed by atoms with Gasteiger partial charge in [0.25, 0.3) is 0 Å². The number of para-hydroxylation sites is 1. The van der Waals surface area contributed by atoms with Crippen molar-refractivity contribution < 1.29 is 9.90 Å². The average molecular weight is 525 g/mol. The monoisotopic (exact) mass is 524 g/mol. The highest BCUT2D eigenvalue weighted by Crippen LogP contribution is 2.40. The molecule has 2 aromatic carbocycles. The first-order valence-electron chi connectivity index (χ1n) is 14.4. The molecule has 0 unspecified atom stereocenters. The van der Waals surface area contributed by atoms with Crippen molar-refractivity contribution in [2.24, 2.45) is 11.8 Å². The Morgan fingerprint density at radius 2 is 1.51 bits per heavy atom. The number of carbonyl (C=O) groups excluding carboxylic acids is 1. The molecule has 2 aliphatic rings. The molecule has 0 atom stereocenters. The molecule has 202 valence electrons. The van der Waals surface area contributed by atoms with Crippen LogP contribution in [0.15, 0.2) is 36.4 Å². The third-order valence-electron chi connectivity index (χ3n) is 8.74. The van der Waals surface area contributed by atoms with Crippen LogP contribution in [-0.4, -0.2) is 22.1 Å². The van der Waals surface area contributed by atoms with Gasteiger partial charge in [0.15, 0.2) is 0 Å². The van der Waals surface area contributed by atoms with Crippen LogP contribution < -0.4 is 5.32 Å². The zero-order chi connectivity index (χ0) is 26.5. The van der Waals surface area contributed by atoms with Gasteiger partial charge >= 0.3 is 6.03 Å². The molecule has 4 nitrogen and oxygen atoms in total. The van der Waals surface area contributed by atoms with Crippen molar-refractivity contribution in [1.82, 2.24) is 4.90 Å². The van der Waals surface area contributed by atoms with E-state index < -0.39 is 0 Å². The van der Waals surface area contributed by atoms with E-state index in [0.717, 1.165) is 35.9 Å². The van der Waals surface area contributed by atoms with Crippen LogP contribution in [0.2, 0.25) is 5.02 Å². The summed E-state index contributed by atoms with van der Waals surface area (Å²) in [4.78, 5) is 16.1. The normalized spacial score (nSPS) is 20.8. The lowest BCUT2D eigenvalue weighted by Crippen LogP contribution is -2.45. The highest BCUT2D eigenvalue weighted by atomic mass is 35.5. The Labute approximate surface area is 228 Å². The standard InChI is InChI=1S/C32H45ClN2O2/c1-21(2)28-11-8-12-29(22(3)4)31(28)34-32(37)35(20-25-15-18-27(36)19-30(25)33)26-16-13-24(14-17-26)23-9-6-5-7-10-23/h8,11-12,15,18-19,21-24,26,36H,5-7,9-10,13-14,16-17,20H2,1-4H3,(H,34,37)/t24-,26+. The number of halogens is 1. The van der Waals surface area contributed by atoms with Crippen LogP contribution in [0.1, 0.15) is 114 Å². The van der Waals surface area contributed by atoms with E-state index in [9.17, 15) is 9.90 Å². The predicted octanol–water partition coefficient (Wildman–Crippen LogP) is 9.47.